The molecular formula is C13H19BrO2. The maximum atomic E-state index is 9.43. The van der Waals surface area contributed by atoms with E-state index in [0.29, 0.717) is 5.92 Å². The van der Waals surface area contributed by atoms with Crippen molar-refractivity contribution in [3.63, 3.8) is 0 Å². The number of benzene rings is 1. The minimum atomic E-state index is -0.469. The van der Waals surface area contributed by atoms with Gasteiger partial charge in [-0.25, -0.2) is 0 Å². The van der Waals surface area contributed by atoms with Gasteiger partial charge in [0.1, 0.15) is 11.9 Å². The third kappa shape index (κ3) is 3.49. The van der Waals surface area contributed by atoms with E-state index < -0.39 is 6.10 Å². The summed E-state index contributed by atoms with van der Waals surface area (Å²) in [6, 6.07) is 5.96. The Morgan fingerprint density at radius 2 is 1.81 bits per heavy atom. The summed E-state index contributed by atoms with van der Waals surface area (Å²) >= 11 is 3.45. The molecule has 0 heterocycles. The third-order valence-corrected chi connectivity index (χ3v) is 3.08. The maximum Gasteiger partial charge on any atom is 0.123 e. The van der Waals surface area contributed by atoms with Crippen LogP contribution in [0.2, 0.25) is 0 Å². The van der Waals surface area contributed by atoms with Crippen LogP contribution in [0.15, 0.2) is 22.7 Å². The standard InChI is InChI=1S/C13H19BrO2/c1-8(2)12-7-11(14)5-6-13(12)16-10(4)9(3)15/h5-10,15H,1-4H3. The predicted molar refractivity (Wildman–Crippen MR) is 70.0 cm³/mol. The molecule has 0 aliphatic rings. The number of aliphatic hydroxyl groups is 1. The first-order valence-electron chi connectivity index (χ1n) is 5.56. The van der Waals surface area contributed by atoms with E-state index in [9.17, 15) is 5.11 Å². The quantitative estimate of drug-likeness (QED) is 0.914. The van der Waals surface area contributed by atoms with E-state index in [2.05, 4.69) is 35.8 Å². The molecule has 1 rings (SSSR count). The molecule has 1 N–H and O–H groups in total. The largest absolute Gasteiger partial charge is 0.488 e. The molecule has 2 unspecified atom stereocenters. The van der Waals surface area contributed by atoms with E-state index in [0.717, 1.165) is 15.8 Å². The van der Waals surface area contributed by atoms with Crippen LogP contribution in [-0.4, -0.2) is 17.3 Å². The molecule has 0 bridgehead atoms. The highest BCUT2D eigenvalue weighted by Gasteiger charge is 2.14. The van der Waals surface area contributed by atoms with Crippen molar-refractivity contribution in [2.24, 2.45) is 0 Å². The van der Waals surface area contributed by atoms with Gasteiger partial charge in [0.25, 0.3) is 0 Å². The van der Waals surface area contributed by atoms with Crippen LogP contribution < -0.4 is 4.74 Å². The van der Waals surface area contributed by atoms with E-state index in [1.165, 1.54) is 0 Å². The summed E-state index contributed by atoms with van der Waals surface area (Å²) in [6.07, 6.45) is -0.665. The number of hydrogen-bond donors (Lipinski definition) is 1. The molecule has 0 saturated carbocycles. The Labute approximate surface area is 106 Å². The smallest absolute Gasteiger partial charge is 0.123 e. The lowest BCUT2D eigenvalue weighted by atomic mass is 10.0. The number of rotatable bonds is 4. The summed E-state index contributed by atoms with van der Waals surface area (Å²) in [5.74, 6) is 1.25. The van der Waals surface area contributed by atoms with Gasteiger partial charge < -0.3 is 9.84 Å². The van der Waals surface area contributed by atoms with Crippen molar-refractivity contribution in [1.29, 1.82) is 0 Å². The van der Waals surface area contributed by atoms with Gasteiger partial charge in [0.15, 0.2) is 0 Å². The Kier molecular flexibility index (Phi) is 4.81. The zero-order chi connectivity index (χ0) is 12.3. The van der Waals surface area contributed by atoms with E-state index >= 15 is 0 Å². The van der Waals surface area contributed by atoms with Crippen molar-refractivity contribution in [2.75, 3.05) is 0 Å². The van der Waals surface area contributed by atoms with Crippen molar-refractivity contribution in [2.45, 2.75) is 45.8 Å². The molecule has 0 fully saturated rings. The Morgan fingerprint density at radius 3 is 2.31 bits per heavy atom. The first kappa shape index (κ1) is 13.5. The van der Waals surface area contributed by atoms with Gasteiger partial charge in [0, 0.05) is 4.47 Å². The normalized spacial score (nSPS) is 14.9. The molecule has 1 aromatic rings. The van der Waals surface area contributed by atoms with Crippen molar-refractivity contribution in [3.8, 4) is 5.75 Å². The fourth-order valence-electron chi connectivity index (χ4n) is 1.38. The van der Waals surface area contributed by atoms with Gasteiger partial charge in [0.05, 0.1) is 6.10 Å². The molecule has 0 aliphatic carbocycles. The van der Waals surface area contributed by atoms with Crippen LogP contribution in [0, 0.1) is 0 Å². The van der Waals surface area contributed by atoms with Crippen LogP contribution >= 0.6 is 15.9 Å². The summed E-state index contributed by atoms with van der Waals surface area (Å²) in [4.78, 5) is 0. The lowest BCUT2D eigenvalue weighted by Crippen LogP contribution is -2.26. The number of hydrogen-bond acceptors (Lipinski definition) is 2. The lowest BCUT2D eigenvalue weighted by molar-refractivity contribution is 0.0596. The van der Waals surface area contributed by atoms with Crippen LogP contribution in [-0.2, 0) is 0 Å². The average Bonchev–Trinajstić information content (AvgIpc) is 2.20. The Hall–Kier alpha value is -0.540. The lowest BCUT2D eigenvalue weighted by Gasteiger charge is -2.21. The van der Waals surface area contributed by atoms with Crippen LogP contribution in [0.3, 0.4) is 0 Å². The summed E-state index contributed by atoms with van der Waals surface area (Å²) in [7, 11) is 0. The fraction of sp³-hybridized carbons (Fsp3) is 0.538. The first-order chi connectivity index (χ1) is 7.41. The average molecular weight is 287 g/mol. The molecule has 0 aromatic heterocycles. The molecule has 3 heteroatoms. The van der Waals surface area contributed by atoms with Gasteiger partial charge in [-0.05, 0) is 43.5 Å². The third-order valence-electron chi connectivity index (χ3n) is 2.59. The summed E-state index contributed by atoms with van der Waals surface area (Å²) in [5.41, 5.74) is 1.15. The molecule has 0 aliphatic heterocycles. The van der Waals surface area contributed by atoms with Crippen molar-refractivity contribution in [1.82, 2.24) is 0 Å². The second kappa shape index (κ2) is 5.69. The molecule has 90 valence electrons. The SMILES string of the molecule is CC(C)c1cc(Br)ccc1OC(C)C(C)O. The zero-order valence-corrected chi connectivity index (χ0v) is 11.8. The van der Waals surface area contributed by atoms with Gasteiger partial charge in [-0.15, -0.1) is 0 Å². The number of ether oxygens (including phenoxy) is 1. The second-order valence-corrected chi connectivity index (χ2v) is 5.32. The Morgan fingerprint density at radius 1 is 1.19 bits per heavy atom. The van der Waals surface area contributed by atoms with Gasteiger partial charge in [-0.1, -0.05) is 29.8 Å². The van der Waals surface area contributed by atoms with E-state index in [1.807, 2.05) is 19.1 Å². The highest BCUT2D eigenvalue weighted by atomic mass is 79.9. The van der Waals surface area contributed by atoms with Crippen LogP contribution in [0.1, 0.15) is 39.2 Å². The molecule has 16 heavy (non-hydrogen) atoms. The first-order valence-corrected chi connectivity index (χ1v) is 6.35. The molecular weight excluding hydrogens is 268 g/mol. The van der Waals surface area contributed by atoms with Gasteiger partial charge in [-0.3, -0.25) is 0 Å². The van der Waals surface area contributed by atoms with Gasteiger partial charge >= 0.3 is 0 Å². The van der Waals surface area contributed by atoms with Crippen LogP contribution in [0.25, 0.3) is 0 Å². The molecule has 0 amide bonds. The summed E-state index contributed by atoms with van der Waals surface area (Å²) < 4.78 is 6.80. The molecule has 2 nitrogen and oxygen atoms in total. The molecule has 2 atom stereocenters. The predicted octanol–water partition coefficient (Wildman–Crippen LogP) is 3.72. The number of aliphatic hydroxyl groups excluding tert-OH is 1. The van der Waals surface area contributed by atoms with Gasteiger partial charge in [-0.2, -0.15) is 0 Å². The van der Waals surface area contributed by atoms with E-state index in [4.69, 9.17) is 4.74 Å². The highest BCUT2D eigenvalue weighted by Crippen LogP contribution is 2.30. The highest BCUT2D eigenvalue weighted by molar-refractivity contribution is 9.10. The minimum Gasteiger partial charge on any atom is -0.488 e. The van der Waals surface area contributed by atoms with Gasteiger partial charge in [0.2, 0.25) is 0 Å². The summed E-state index contributed by atoms with van der Waals surface area (Å²) in [6.45, 7) is 7.86. The van der Waals surface area contributed by atoms with E-state index in [-0.39, 0.29) is 6.10 Å². The fourth-order valence-corrected chi connectivity index (χ4v) is 1.76. The molecule has 0 saturated heterocycles. The van der Waals surface area contributed by atoms with Crippen molar-refractivity contribution in [3.05, 3.63) is 28.2 Å². The zero-order valence-electron chi connectivity index (χ0n) is 10.2. The number of halogens is 1. The topological polar surface area (TPSA) is 29.5 Å². The van der Waals surface area contributed by atoms with Crippen LogP contribution in [0.4, 0.5) is 0 Å². The summed E-state index contributed by atoms with van der Waals surface area (Å²) in [5, 5.41) is 9.43. The molecule has 1 aromatic carbocycles. The maximum absolute atomic E-state index is 9.43. The Balaban J connectivity index is 2.95. The second-order valence-electron chi connectivity index (χ2n) is 4.40. The minimum absolute atomic E-state index is 0.196. The van der Waals surface area contributed by atoms with Crippen molar-refractivity contribution < 1.29 is 9.84 Å². The van der Waals surface area contributed by atoms with Crippen LogP contribution in [0.5, 0.6) is 5.75 Å². The molecule has 0 radical (unpaired) electrons. The van der Waals surface area contributed by atoms with Crippen molar-refractivity contribution >= 4 is 15.9 Å². The Bertz CT molecular complexity index is 348. The monoisotopic (exact) mass is 286 g/mol. The molecule has 0 spiro atoms. The van der Waals surface area contributed by atoms with E-state index in [1.54, 1.807) is 6.92 Å².